The van der Waals surface area contributed by atoms with Crippen LogP contribution in [0.25, 0.3) is 0 Å². The van der Waals surface area contributed by atoms with Crippen molar-refractivity contribution in [2.75, 3.05) is 18.8 Å². The Hall–Kier alpha value is -1.63. The number of amidine groups is 1. The number of likely N-dealkylation sites (tertiary alicyclic amines) is 1. The third kappa shape index (κ3) is 3.14. The van der Waals surface area contributed by atoms with Gasteiger partial charge in [-0.05, 0) is 56.1 Å². The molecule has 4 aliphatic rings. The van der Waals surface area contributed by atoms with E-state index in [0.717, 1.165) is 31.7 Å². The Morgan fingerprint density at radius 3 is 2.92 bits per heavy atom. The minimum atomic E-state index is -3.48. The standard InChI is InChI=1S/C18H25N3O3S/c1-13-6-7-16-14(12-13)4-2-9-21(16)18(22)15-5-3-8-20-10-11-25(23,24)19-17(15)20/h3,5,8,13-14,16H,2,4,6-7,9-12H2,1H3/t13-,14+,16+/m1/s1. The molecule has 0 bridgehead atoms. The monoisotopic (exact) mass is 363 g/mol. The normalized spacial score (nSPS) is 33.9. The maximum absolute atomic E-state index is 13.3. The third-order valence-corrected chi connectivity index (χ3v) is 7.08. The van der Waals surface area contributed by atoms with E-state index in [1.165, 1.54) is 12.8 Å². The van der Waals surface area contributed by atoms with Crippen LogP contribution >= 0.6 is 0 Å². The molecule has 25 heavy (non-hydrogen) atoms. The summed E-state index contributed by atoms with van der Waals surface area (Å²) >= 11 is 0. The van der Waals surface area contributed by atoms with Crippen LogP contribution in [-0.4, -0.2) is 54.8 Å². The first kappa shape index (κ1) is 16.8. The molecule has 2 fully saturated rings. The van der Waals surface area contributed by atoms with Crippen molar-refractivity contribution in [3.8, 4) is 0 Å². The van der Waals surface area contributed by atoms with Crippen molar-refractivity contribution >= 4 is 21.8 Å². The second kappa shape index (κ2) is 6.27. The molecular weight excluding hydrogens is 338 g/mol. The van der Waals surface area contributed by atoms with Gasteiger partial charge in [0.05, 0.1) is 11.3 Å². The molecule has 3 heterocycles. The highest BCUT2D eigenvalue weighted by atomic mass is 32.2. The highest BCUT2D eigenvalue weighted by Crippen LogP contribution is 2.38. The van der Waals surface area contributed by atoms with Crippen molar-refractivity contribution in [2.24, 2.45) is 16.2 Å². The number of allylic oxidation sites excluding steroid dienone is 2. The molecule has 0 unspecified atom stereocenters. The molecular formula is C18H25N3O3S. The Bertz CT molecular complexity index is 768. The van der Waals surface area contributed by atoms with E-state index in [9.17, 15) is 13.2 Å². The lowest BCUT2D eigenvalue weighted by molar-refractivity contribution is -0.133. The summed E-state index contributed by atoms with van der Waals surface area (Å²) < 4.78 is 27.7. The summed E-state index contributed by atoms with van der Waals surface area (Å²) in [6.45, 7) is 3.41. The van der Waals surface area contributed by atoms with Crippen molar-refractivity contribution < 1.29 is 13.2 Å². The molecule has 0 N–H and O–H groups in total. The van der Waals surface area contributed by atoms with E-state index < -0.39 is 10.0 Å². The van der Waals surface area contributed by atoms with Gasteiger partial charge in [-0.15, -0.1) is 4.40 Å². The van der Waals surface area contributed by atoms with Gasteiger partial charge in [-0.25, -0.2) is 8.42 Å². The molecule has 1 saturated carbocycles. The fourth-order valence-electron chi connectivity index (χ4n) is 4.68. The molecule has 7 heteroatoms. The lowest BCUT2D eigenvalue weighted by atomic mass is 9.74. The molecule has 0 aromatic carbocycles. The van der Waals surface area contributed by atoms with E-state index in [4.69, 9.17) is 0 Å². The predicted octanol–water partition coefficient (Wildman–Crippen LogP) is 1.91. The van der Waals surface area contributed by atoms with Gasteiger partial charge in [0.15, 0.2) is 5.84 Å². The zero-order valence-electron chi connectivity index (χ0n) is 14.6. The van der Waals surface area contributed by atoms with Crippen LogP contribution in [0.4, 0.5) is 0 Å². The van der Waals surface area contributed by atoms with Crippen molar-refractivity contribution in [2.45, 2.75) is 45.1 Å². The van der Waals surface area contributed by atoms with Gasteiger partial charge in [-0.3, -0.25) is 4.79 Å². The van der Waals surface area contributed by atoms with Crippen molar-refractivity contribution in [1.29, 1.82) is 0 Å². The first-order valence-electron chi connectivity index (χ1n) is 9.24. The number of nitrogens with zero attached hydrogens (tertiary/aromatic N) is 3. The van der Waals surface area contributed by atoms with Crippen LogP contribution in [0.3, 0.4) is 0 Å². The highest BCUT2D eigenvalue weighted by Gasteiger charge is 2.40. The molecule has 1 amide bonds. The van der Waals surface area contributed by atoms with Gasteiger partial charge in [0, 0.05) is 25.3 Å². The van der Waals surface area contributed by atoms with Crippen LogP contribution < -0.4 is 0 Å². The van der Waals surface area contributed by atoms with Gasteiger partial charge in [0.2, 0.25) is 0 Å². The number of hydrogen-bond donors (Lipinski definition) is 0. The Balaban J connectivity index is 1.62. The number of hydrogen-bond acceptors (Lipinski definition) is 4. The van der Waals surface area contributed by atoms with E-state index >= 15 is 0 Å². The maximum atomic E-state index is 13.3. The average Bonchev–Trinajstić information content (AvgIpc) is 2.59. The van der Waals surface area contributed by atoms with E-state index in [0.29, 0.717) is 29.9 Å². The number of carbonyl (C=O) groups is 1. The quantitative estimate of drug-likeness (QED) is 0.714. The number of fused-ring (bicyclic) bond motifs is 2. The number of sulfonamides is 1. The van der Waals surface area contributed by atoms with E-state index in [2.05, 4.69) is 11.3 Å². The Kier molecular flexibility index (Phi) is 4.22. The fraction of sp³-hybridized carbons (Fsp3) is 0.667. The molecule has 3 aliphatic heterocycles. The van der Waals surface area contributed by atoms with Gasteiger partial charge < -0.3 is 9.80 Å². The third-order valence-electron chi connectivity index (χ3n) is 5.93. The first-order valence-corrected chi connectivity index (χ1v) is 10.8. The molecule has 1 aliphatic carbocycles. The Morgan fingerprint density at radius 2 is 2.08 bits per heavy atom. The highest BCUT2D eigenvalue weighted by molar-refractivity contribution is 7.90. The summed E-state index contributed by atoms with van der Waals surface area (Å²) in [4.78, 5) is 17.0. The van der Waals surface area contributed by atoms with Crippen LogP contribution in [0.15, 0.2) is 28.3 Å². The van der Waals surface area contributed by atoms with Crippen LogP contribution in [0.2, 0.25) is 0 Å². The zero-order valence-corrected chi connectivity index (χ0v) is 15.4. The second-order valence-electron chi connectivity index (χ2n) is 7.70. The van der Waals surface area contributed by atoms with Crippen LogP contribution in [0.1, 0.15) is 39.0 Å². The van der Waals surface area contributed by atoms with Crippen LogP contribution in [0.5, 0.6) is 0 Å². The molecule has 4 rings (SSSR count). The topological polar surface area (TPSA) is 70.1 Å². The number of piperidine rings is 1. The minimum absolute atomic E-state index is 0.00534. The van der Waals surface area contributed by atoms with Gasteiger partial charge in [0.1, 0.15) is 0 Å². The molecule has 6 nitrogen and oxygen atoms in total. The van der Waals surface area contributed by atoms with Crippen LogP contribution in [0, 0.1) is 11.8 Å². The van der Waals surface area contributed by atoms with E-state index in [1.807, 2.05) is 11.0 Å². The molecule has 1 saturated heterocycles. The van der Waals surface area contributed by atoms with E-state index in [-0.39, 0.29) is 11.7 Å². The summed E-state index contributed by atoms with van der Waals surface area (Å²) in [6, 6.07) is 0.290. The smallest absolute Gasteiger partial charge is 0.257 e. The van der Waals surface area contributed by atoms with Crippen molar-refractivity contribution in [3.05, 3.63) is 23.9 Å². The molecule has 136 valence electrons. The van der Waals surface area contributed by atoms with Crippen molar-refractivity contribution in [1.82, 2.24) is 9.80 Å². The van der Waals surface area contributed by atoms with Gasteiger partial charge >= 0.3 is 0 Å². The van der Waals surface area contributed by atoms with Gasteiger partial charge in [0.25, 0.3) is 15.9 Å². The Morgan fingerprint density at radius 1 is 1.24 bits per heavy atom. The van der Waals surface area contributed by atoms with Crippen molar-refractivity contribution in [3.63, 3.8) is 0 Å². The maximum Gasteiger partial charge on any atom is 0.257 e. The molecule has 0 aromatic rings. The van der Waals surface area contributed by atoms with Crippen LogP contribution in [-0.2, 0) is 14.8 Å². The summed E-state index contributed by atoms with van der Waals surface area (Å²) in [5.74, 6) is 1.54. The summed E-state index contributed by atoms with van der Waals surface area (Å²) in [5, 5.41) is 0. The molecule has 3 atom stereocenters. The summed E-state index contributed by atoms with van der Waals surface area (Å²) in [6.07, 6.45) is 10.9. The number of amides is 1. The SMILES string of the molecule is C[C@@H]1CC[C@H]2[C@@H](CCCN2C(=O)C2=CC=CN3CCS(=O)(=O)N=C23)C1. The summed E-state index contributed by atoms with van der Waals surface area (Å²) in [5.41, 5.74) is 0.421. The molecule has 0 spiro atoms. The average molecular weight is 363 g/mol. The first-order chi connectivity index (χ1) is 11.9. The number of carbonyl (C=O) groups excluding carboxylic acids is 1. The number of rotatable bonds is 1. The van der Waals surface area contributed by atoms with E-state index in [1.54, 1.807) is 17.2 Å². The summed E-state index contributed by atoms with van der Waals surface area (Å²) in [7, 11) is -3.48. The lowest BCUT2D eigenvalue weighted by Crippen LogP contribution is -2.52. The zero-order chi connectivity index (χ0) is 17.6. The lowest BCUT2D eigenvalue weighted by Gasteiger charge is -2.46. The second-order valence-corrected chi connectivity index (χ2v) is 9.46. The fourth-order valence-corrected chi connectivity index (χ4v) is 5.67. The largest absolute Gasteiger partial charge is 0.335 e. The molecule has 0 aromatic heterocycles. The molecule has 0 radical (unpaired) electrons. The van der Waals surface area contributed by atoms with Gasteiger partial charge in [-0.1, -0.05) is 6.92 Å². The predicted molar refractivity (Wildman–Crippen MR) is 96.4 cm³/mol. The van der Waals surface area contributed by atoms with Gasteiger partial charge in [-0.2, -0.15) is 0 Å². The Labute approximate surface area is 149 Å². The minimum Gasteiger partial charge on any atom is -0.335 e.